The van der Waals surface area contributed by atoms with Crippen molar-refractivity contribution in [3.63, 3.8) is 0 Å². The Hall–Kier alpha value is -1.41. The lowest BCUT2D eigenvalue weighted by molar-refractivity contribution is 0.0487. The molecule has 4 rings (SSSR count). The Labute approximate surface area is 146 Å². The average molecular weight is 345 g/mol. The van der Waals surface area contributed by atoms with Crippen LogP contribution in [0.3, 0.4) is 0 Å². The van der Waals surface area contributed by atoms with Gasteiger partial charge in [0.05, 0.1) is 11.8 Å². The second kappa shape index (κ2) is 7.65. The zero-order valence-corrected chi connectivity index (χ0v) is 14.6. The molecule has 24 heavy (non-hydrogen) atoms. The van der Waals surface area contributed by atoms with Crippen LogP contribution in [0.15, 0.2) is 23.8 Å². The van der Waals surface area contributed by atoms with Gasteiger partial charge < -0.3 is 4.74 Å². The highest BCUT2D eigenvalue weighted by Crippen LogP contribution is 2.21. The zero-order valence-electron chi connectivity index (χ0n) is 13.8. The van der Waals surface area contributed by atoms with Gasteiger partial charge in [0.2, 0.25) is 0 Å². The fourth-order valence-corrected chi connectivity index (χ4v) is 4.08. The van der Waals surface area contributed by atoms with Gasteiger partial charge in [-0.1, -0.05) is 0 Å². The fourth-order valence-electron chi connectivity index (χ4n) is 3.33. The van der Waals surface area contributed by atoms with E-state index in [0.717, 1.165) is 62.4 Å². The molecule has 2 aliphatic rings. The molecule has 7 heteroatoms. The molecule has 0 unspecified atom stereocenters. The summed E-state index contributed by atoms with van der Waals surface area (Å²) < 4.78 is 5.75. The Morgan fingerprint density at radius 3 is 2.67 bits per heavy atom. The van der Waals surface area contributed by atoms with E-state index < -0.39 is 0 Å². The first-order valence-corrected chi connectivity index (χ1v) is 9.53. The van der Waals surface area contributed by atoms with E-state index in [4.69, 9.17) is 9.72 Å². The molecule has 1 atom stereocenters. The first kappa shape index (κ1) is 16.1. The number of hydrogen-bond acceptors (Lipinski definition) is 7. The Balaban J connectivity index is 1.27. The van der Waals surface area contributed by atoms with Gasteiger partial charge in [-0.3, -0.25) is 9.80 Å². The van der Waals surface area contributed by atoms with Gasteiger partial charge in [0.25, 0.3) is 0 Å². The summed E-state index contributed by atoms with van der Waals surface area (Å²) in [4.78, 5) is 18.3. The molecule has 6 nitrogen and oxygen atoms in total. The van der Waals surface area contributed by atoms with Gasteiger partial charge in [-0.05, 0) is 18.9 Å². The lowest BCUT2D eigenvalue weighted by Crippen LogP contribution is -2.48. The molecular formula is C17H23N5OS. The van der Waals surface area contributed by atoms with E-state index in [0.29, 0.717) is 6.10 Å². The lowest BCUT2D eigenvalue weighted by Gasteiger charge is -2.35. The topological polar surface area (TPSA) is 54.4 Å². The Morgan fingerprint density at radius 1 is 1.12 bits per heavy atom. The van der Waals surface area contributed by atoms with E-state index >= 15 is 0 Å². The van der Waals surface area contributed by atoms with Crippen LogP contribution in [-0.2, 0) is 11.3 Å². The molecule has 128 valence electrons. The zero-order chi connectivity index (χ0) is 16.2. The van der Waals surface area contributed by atoms with Gasteiger partial charge in [-0.25, -0.2) is 15.0 Å². The van der Waals surface area contributed by atoms with Crippen molar-refractivity contribution in [3.05, 3.63) is 29.5 Å². The largest absolute Gasteiger partial charge is 0.377 e. The van der Waals surface area contributed by atoms with Gasteiger partial charge in [-0.15, -0.1) is 11.3 Å². The molecule has 2 saturated heterocycles. The smallest absolute Gasteiger partial charge is 0.188 e. The molecule has 0 spiro atoms. The monoisotopic (exact) mass is 345 g/mol. The van der Waals surface area contributed by atoms with Crippen molar-refractivity contribution in [2.24, 2.45) is 0 Å². The molecule has 0 N–H and O–H groups in total. The van der Waals surface area contributed by atoms with Crippen LogP contribution in [0.4, 0.5) is 0 Å². The highest BCUT2D eigenvalue weighted by atomic mass is 32.1. The number of hydrogen-bond donors (Lipinski definition) is 0. The van der Waals surface area contributed by atoms with Crippen LogP contribution in [0.1, 0.15) is 18.5 Å². The summed E-state index contributed by atoms with van der Waals surface area (Å²) in [6.45, 7) is 7.40. The highest BCUT2D eigenvalue weighted by Gasteiger charge is 2.23. The van der Waals surface area contributed by atoms with Crippen molar-refractivity contribution in [2.45, 2.75) is 25.5 Å². The standard InChI is InChI=1S/C17H23N5OS/c1-3-15(23-10-1)12-22-8-6-21(7-9-22)11-14-13-24-17(20-14)16-18-4-2-5-19-16/h2,4-5,13,15H,1,3,6-12H2/t15-/m1/s1. The van der Waals surface area contributed by atoms with Crippen LogP contribution in [0, 0.1) is 0 Å². The van der Waals surface area contributed by atoms with Crippen molar-refractivity contribution in [1.82, 2.24) is 24.8 Å². The van der Waals surface area contributed by atoms with Crippen molar-refractivity contribution in [1.29, 1.82) is 0 Å². The molecule has 4 heterocycles. The van der Waals surface area contributed by atoms with Gasteiger partial charge in [-0.2, -0.15) is 0 Å². The van der Waals surface area contributed by atoms with E-state index in [1.807, 2.05) is 6.07 Å². The summed E-state index contributed by atoms with van der Waals surface area (Å²) in [5.74, 6) is 0.718. The van der Waals surface area contributed by atoms with Crippen LogP contribution in [-0.4, -0.2) is 70.2 Å². The third-order valence-corrected chi connectivity index (χ3v) is 5.53. The summed E-state index contributed by atoms with van der Waals surface area (Å²) in [7, 11) is 0. The quantitative estimate of drug-likeness (QED) is 0.825. The minimum absolute atomic E-state index is 0.462. The van der Waals surface area contributed by atoms with Crippen molar-refractivity contribution in [3.8, 4) is 10.8 Å². The number of rotatable bonds is 5. The average Bonchev–Trinajstić information content (AvgIpc) is 3.29. The van der Waals surface area contributed by atoms with E-state index in [1.54, 1.807) is 23.7 Å². The summed E-state index contributed by atoms with van der Waals surface area (Å²) >= 11 is 1.62. The molecular weight excluding hydrogens is 322 g/mol. The Morgan fingerprint density at radius 2 is 1.92 bits per heavy atom. The van der Waals surface area contributed by atoms with Crippen LogP contribution in [0.2, 0.25) is 0 Å². The molecule has 0 aliphatic carbocycles. The maximum atomic E-state index is 5.75. The normalized spacial score (nSPS) is 22.9. The second-order valence-corrected chi connectivity index (χ2v) is 7.29. The maximum Gasteiger partial charge on any atom is 0.188 e. The van der Waals surface area contributed by atoms with Gasteiger partial charge in [0, 0.05) is 63.6 Å². The SMILES string of the molecule is c1cnc(-c2nc(CN3CCN(C[C@H]4CCCO4)CC3)cs2)nc1. The Bertz CT molecular complexity index is 635. The molecule has 2 aromatic heterocycles. The summed E-state index contributed by atoms with van der Waals surface area (Å²) in [6, 6.07) is 1.83. The number of nitrogens with zero attached hydrogens (tertiary/aromatic N) is 5. The van der Waals surface area contributed by atoms with Crippen molar-refractivity contribution in [2.75, 3.05) is 39.3 Å². The summed E-state index contributed by atoms with van der Waals surface area (Å²) in [5.41, 5.74) is 1.12. The van der Waals surface area contributed by atoms with Crippen molar-refractivity contribution < 1.29 is 4.74 Å². The molecule has 0 amide bonds. The number of aromatic nitrogens is 3. The van der Waals surface area contributed by atoms with Crippen LogP contribution in [0.5, 0.6) is 0 Å². The minimum Gasteiger partial charge on any atom is -0.377 e. The lowest BCUT2D eigenvalue weighted by atomic mass is 10.2. The van der Waals surface area contributed by atoms with Crippen LogP contribution >= 0.6 is 11.3 Å². The third-order valence-electron chi connectivity index (χ3n) is 4.65. The predicted molar refractivity (Wildman–Crippen MR) is 93.8 cm³/mol. The van der Waals surface area contributed by atoms with E-state index in [1.165, 1.54) is 12.8 Å². The molecule has 2 aromatic rings. The molecule has 0 radical (unpaired) electrons. The predicted octanol–water partition coefficient (Wildman–Crippen LogP) is 1.90. The summed E-state index contributed by atoms with van der Waals surface area (Å²) in [5, 5.41) is 3.03. The van der Waals surface area contributed by atoms with E-state index in [2.05, 4.69) is 25.1 Å². The second-order valence-electron chi connectivity index (χ2n) is 6.43. The van der Waals surface area contributed by atoms with Gasteiger partial charge in [0.1, 0.15) is 0 Å². The maximum absolute atomic E-state index is 5.75. The van der Waals surface area contributed by atoms with E-state index in [-0.39, 0.29) is 0 Å². The number of thiazole rings is 1. The van der Waals surface area contributed by atoms with Crippen LogP contribution in [0.25, 0.3) is 10.8 Å². The summed E-state index contributed by atoms with van der Waals surface area (Å²) in [6.07, 6.45) is 6.43. The third kappa shape index (κ3) is 3.97. The molecule has 0 aromatic carbocycles. The molecule has 0 bridgehead atoms. The molecule has 2 aliphatic heterocycles. The van der Waals surface area contributed by atoms with Crippen LogP contribution < -0.4 is 0 Å². The van der Waals surface area contributed by atoms with Gasteiger partial charge >= 0.3 is 0 Å². The fraction of sp³-hybridized carbons (Fsp3) is 0.588. The van der Waals surface area contributed by atoms with Crippen molar-refractivity contribution >= 4 is 11.3 Å². The highest BCUT2D eigenvalue weighted by molar-refractivity contribution is 7.13. The van der Waals surface area contributed by atoms with E-state index in [9.17, 15) is 0 Å². The van der Waals surface area contributed by atoms with Gasteiger partial charge in [0.15, 0.2) is 10.8 Å². The first-order valence-electron chi connectivity index (χ1n) is 8.65. The molecule has 2 fully saturated rings. The Kier molecular flexibility index (Phi) is 5.13. The number of piperazine rings is 1. The minimum atomic E-state index is 0.462. The molecule has 0 saturated carbocycles. The number of ether oxygens (including phenoxy) is 1. The first-order chi connectivity index (χ1) is 11.9.